The Morgan fingerprint density at radius 1 is 1.50 bits per heavy atom. The number of hydrogen-bond donors (Lipinski definition) is 2. The first kappa shape index (κ1) is 11.8. The maximum atomic E-state index is 13.4. The Kier molecular flexibility index (Phi) is 3.09. The number of halogens is 1. The lowest BCUT2D eigenvalue weighted by atomic mass is 10.2. The number of benzene rings is 1. The lowest BCUT2D eigenvalue weighted by Gasteiger charge is -2.06. The van der Waals surface area contributed by atoms with Gasteiger partial charge in [-0.3, -0.25) is 4.79 Å². The summed E-state index contributed by atoms with van der Waals surface area (Å²) < 4.78 is 22.6. The highest BCUT2D eigenvalue weighted by molar-refractivity contribution is 6.05. The summed E-state index contributed by atoms with van der Waals surface area (Å²) in [7, 11) is 1.43. The van der Waals surface area contributed by atoms with E-state index < -0.39 is 11.7 Å². The number of nitrogens with two attached hydrogens (primary N) is 1. The van der Waals surface area contributed by atoms with Gasteiger partial charge in [-0.25, -0.2) is 9.02 Å². The van der Waals surface area contributed by atoms with Gasteiger partial charge in [0, 0.05) is 6.07 Å². The van der Waals surface area contributed by atoms with E-state index in [9.17, 15) is 9.18 Å². The molecule has 2 aromatic rings. The van der Waals surface area contributed by atoms with Crippen LogP contribution in [0.1, 0.15) is 10.5 Å². The number of carbonyl (C=O) groups is 1. The Hall–Kier alpha value is -2.64. The van der Waals surface area contributed by atoms with E-state index in [2.05, 4.69) is 20.3 Å². The minimum atomic E-state index is -0.721. The molecule has 7 nitrogen and oxygen atoms in total. The van der Waals surface area contributed by atoms with Crippen LogP contribution in [0.15, 0.2) is 22.8 Å². The van der Waals surface area contributed by atoms with Crippen molar-refractivity contribution in [2.45, 2.75) is 0 Å². The molecule has 0 aliphatic rings. The minimum absolute atomic E-state index is 0.0539. The van der Waals surface area contributed by atoms with Crippen molar-refractivity contribution in [3.05, 3.63) is 29.7 Å². The van der Waals surface area contributed by atoms with E-state index >= 15 is 0 Å². The first-order valence-electron chi connectivity index (χ1n) is 4.84. The number of rotatable bonds is 3. The van der Waals surface area contributed by atoms with Crippen molar-refractivity contribution in [1.29, 1.82) is 0 Å². The molecule has 0 fully saturated rings. The van der Waals surface area contributed by atoms with Gasteiger partial charge in [0.15, 0.2) is 0 Å². The van der Waals surface area contributed by atoms with Gasteiger partial charge in [0.05, 0.1) is 12.8 Å². The Morgan fingerprint density at radius 3 is 2.89 bits per heavy atom. The number of anilines is 2. The average molecular weight is 252 g/mol. The van der Waals surface area contributed by atoms with Gasteiger partial charge in [-0.1, -0.05) is 0 Å². The third-order valence-corrected chi connectivity index (χ3v) is 2.15. The van der Waals surface area contributed by atoms with Gasteiger partial charge in [0.2, 0.25) is 11.5 Å². The van der Waals surface area contributed by atoms with Crippen LogP contribution in [0.4, 0.5) is 15.9 Å². The van der Waals surface area contributed by atoms with Crippen molar-refractivity contribution in [3.63, 3.8) is 0 Å². The fourth-order valence-electron chi connectivity index (χ4n) is 1.26. The van der Waals surface area contributed by atoms with Crippen LogP contribution >= 0.6 is 0 Å². The standard InChI is InChI=1S/C10H9FN4O3/c1-17-5-2-3-6(11)7(4-5)13-10(16)8-9(12)15-18-14-8/h2-4H,1H3,(H2,12,15)(H,13,16). The maximum absolute atomic E-state index is 13.4. The van der Waals surface area contributed by atoms with Crippen LogP contribution < -0.4 is 15.8 Å². The predicted molar refractivity (Wildman–Crippen MR) is 59.6 cm³/mol. The van der Waals surface area contributed by atoms with Gasteiger partial charge in [-0.15, -0.1) is 0 Å². The number of carbonyl (C=O) groups excluding carboxylic acids is 1. The second-order valence-corrected chi connectivity index (χ2v) is 3.30. The highest BCUT2D eigenvalue weighted by atomic mass is 19.1. The minimum Gasteiger partial charge on any atom is -0.497 e. The monoisotopic (exact) mass is 252 g/mol. The number of nitrogens with zero attached hydrogens (tertiary/aromatic N) is 2. The number of nitrogen functional groups attached to an aromatic ring is 1. The lowest BCUT2D eigenvalue weighted by molar-refractivity contribution is 0.101. The van der Waals surface area contributed by atoms with Crippen molar-refractivity contribution in [3.8, 4) is 5.75 Å². The average Bonchev–Trinajstić information content (AvgIpc) is 2.78. The highest BCUT2D eigenvalue weighted by Gasteiger charge is 2.17. The Labute approximate surface area is 101 Å². The molecule has 18 heavy (non-hydrogen) atoms. The molecule has 1 heterocycles. The van der Waals surface area contributed by atoms with Crippen LogP contribution in [0.25, 0.3) is 0 Å². The molecule has 0 aliphatic heterocycles. The summed E-state index contributed by atoms with van der Waals surface area (Å²) in [5.41, 5.74) is 5.08. The van der Waals surface area contributed by atoms with Gasteiger partial charge in [-0.2, -0.15) is 0 Å². The van der Waals surface area contributed by atoms with Crippen molar-refractivity contribution in [2.75, 3.05) is 18.2 Å². The number of aromatic nitrogens is 2. The fourth-order valence-corrected chi connectivity index (χ4v) is 1.26. The van der Waals surface area contributed by atoms with Crippen LogP contribution in [0.5, 0.6) is 5.75 Å². The molecule has 0 spiro atoms. The normalized spacial score (nSPS) is 10.1. The van der Waals surface area contributed by atoms with E-state index in [0.717, 1.165) is 0 Å². The van der Waals surface area contributed by atoms with Gasteiger partial charge in [0.1, 0.15) is 11.6 Å². The van der Waals surface area contributed by atoms with Crippen molar-refractivity contribution < 1.29 is 18.6 Å². The number of hydrogen-bond acceptors (Lipinski definition) is 6. The molecule has 94 valence electrons. The SMILES string of the molecule is COc1ccc(F)c(NC(=O)c2nonc2N)c1. The third kappa shape index (κ3) is 2.21. The molecule has 1 aromatic carbocycles. The molecule has 3 N–H and O–H groups in total. The molecule has 8 heteroatoms. The summed E-state index contributed by atoms with van der Waals surface area (Å²) in [4.78, 5) is 11.7. The highest BCUT2D eigenvalue weighted by Crippen LogP contribution is 2.21. The van der Waals surface area contributed by atoms with Gasteiger partial charge >= 0.3 is 0 Å². The van der Waals surface area contributed by atoms with E-state index in [1.54, 1.807) is 0 Å². The van der Waals surface area contributed by atoms with E-state index in [1.807, 2.05) is 0 Å². The second kappa shape index (κ2) is 4.70. The molecule has 0 unspecified atom stereocenters. The summed E-state index contributed by atoms with van der Waals surface area (Å²) >= 11 is 0. The Bertz CT molecular complexity index is 584. The van der Waals surface area contributed by atoms with Crippen LogP contribution in [0.2, 0.25) is 0 Å². The number of nitrogens with one attached hydrogen (secondary N) is 1. The number of ether oxygens (including phenoxy) is 1. The quantitative estimate of drug-likeness (QED) is 0.846. The van der Waals surface area contributed by atoms with E-state index in [-0.39, 0.29) is 17.2 Å². The fraction of sp³-hybridized carbons (Fsp3) is 0.100. The van der Waals surface area contributed by atoms with Crippen LogP contribution in [0.3, 0.4) is 0 Å². The topological polar surface area (TPSA) is 103 Å². The molecule has 1 aromatic heterocycles. The first-order valence-corrected chi connectivity index (χ1v) is 4.84. The summed E-state index contributed by atoms with van der Waals surface area (Å²) in [6, 6.07) is 3.92. The van der Waals surface area contributed by atoms with E-state index in [0.29, 0.717) is 5.75 Å². The molecule has 2 rings (SSSR count). The van der Waals surface area contributed by atoms with Crippen molar-refractivity contribution in [1.82, 2.24) is 10.3 Å². The van der Waals surface area contributed by atoms with Crippen molar-refractivity contribution >= 4 is 17.4 Å². The Morgan fingerprint density at radius 2 is 2.28 bits per heavy atom. The predicted octanol–water partition coefficient (Wildman–Crippen LogP) is 1.05. The van der Waals surface area contributed by atoms with Gasteiger partial charge < -0.3 is 15.8 Å². The molecule has 0 saturated heterocycles. The van der Waals surface area contributed by atoms with Crippen LogP contribution in [-0.2, 0) is 0 Å². The molecule has 0 aliphatic carbocycles. The molecule has 0 atom stereocenters. The molecular weight excluding hydrogens is 243 g/mol. The van der Waals surface area contributed by atoms with E-state index in [4.69, 9.17) is 10.5 Å². The summed E-state index contributed by atoms with van der Waals surface area (Å²) in [5.74, 6) is -1.10. The third-order valence-electron chi connectivity index (χ3n) is 2.15. The smallest absolute Gasteiger partial charge is 0.281 e. The molecule has 1 amide bonds. The van der Waals surface area contributed by atoms with Crippen LogP contribution in [-0.4, -0.2) is 23.3 Å². The zero-order valence-corrected chi connectivity index (χ0v) is 9.31. The zero-order chi connectivity index (χ0) is 13.1. The summed E-state index contributed by atoms with van der Waals surface area (Å²) in [5, 5.41) is 8.85. The van der Waals surface area contributed by atoms with Gasteiger partial charge in [-0.05, 0) is 22.4 Å². The number of methoxy groups -OCH3 is 1. The zero-order valence-electron chi connectivity index (χ0n) is 9.31. The van der Waals surface area contributed by atoms with Gasteiger partial charge in [0.25, 0.3) is 5.91 Å². The van der Waals surface area contributed by atoms with Crippen molar-refractivity contribution in [2.24, 2.45) is 0 Å². The largest absolute Gasteiger partial charge is 0.497 e. The summed E-state index contributed by atoms with van der Waals surface area (Å²) in [6.07, 6.45) is 0. The summed E-state index contributed by atoms with van der Waals surface area (Å²) in [6.45, 7) is 0. The molecular formula is C10H9FN4O3. The molecule has 0 radical (unpaired) electrons. The van der Waals surface area contributed by atoms with E-state index in [1.165, 1.54) is 25.3 Å². The maximum Gasteiger partial charge on any atom is 0.281 e. The number of amides is 1. The second-order valence-electron chi connectivity index (χ2n) is 3.30. The molecule has 0 saturated carbocycles. The molecule has 0 bridgehead atoms. The first-order chi connectivity index (χ1) is 8.61. The Balaban J connectivity index is 2.24. The van der Waals surface area contributed by atoms with Crippen LogP contribution in [0, 0.1) is 5.82 Å². The lowest BCUT2D eigenvalue weighted by Crippen LogP contribution is -2.15.